The summed E-state index contributed by atoms with van der Waals surface area (Å²) < 4.78 is 14.9. The lowest BCUT2D eigenvalue weighted by Gasteiger charge is -2.41. The molecular weight excluding hydrogens is 220 g/mol. The molecule has 7 heteroatoms. The first kappa shape index (κ1) is 13.3. The van der Waals surface area contributed by atoms with Crippen molar-refractivity contribution in [2.45, 2.75) is 37.4 Å². The molecule has 0 radical (unpaired) electrons. The third-order valence-electron chi connectivity index (χ3n) is 2.55. The topological polar surface area (TPSA) is 105 Å². The van der Waals surface area contributed by atoms with E-state index in [1.165, 1.54) is 0 Å². The number of rotatable bonds is 5. The van der Waals surface area contributed by atoms with Crippen molar-refractivity contribution in [2.75, 3.05) is 13.4 Å². The van der Waals surface area contributed by atoms with E-state index < -0.39 is 43.9 Å². The Kier molecular flexibility index (Phi) is 5.10. The Morgan fingerprint density at radius 2 is 2.06 bits per heavy atom. The molecule has 0 amide bonds. The van der Waals surface area contributed by atoms with Crippen LogP contribution in [0.1, 0.15) is 6.92 Å². The molecule has 94 valence electrons. The molecule has 0 aliphatic carbocycles. The van der Waals surface area contributed by atoms with Crippen molar-refractivity contribution in [1.82, 2.24) is 0 Å². The predicted octanol–water partition coefficient (Wildman–Crippen LogP) is -2.00. The Hall–Kier alpha value is -0.730. The van der Waals surface area contributed by atoms with E-state index in [1.54, 1.807) is 6.92 Å². The number of carbonyl (C=O) groups excluding carboxylic acids is 1. The van der Waals surface area contributed by atoms with E-state index in [1.807, 2.05) is 0 Å². The van der Waals surface area contributed by atoms with E-state index in [9.17, 15) is 9.90 Å². The summed E-state index contributed by atoms with van der Waals surface area (Å²) in [7, 11) is 0. The zero-order valence-corrected chi connectivity index (χ0v) is 8.85. The van der Waals surface area contributed by atoms with Crippen LogP contribution in [-0.4, -0.2) is 65.7 Å². The van der Waals surface area contributed by atoms with Crippen molar-refractivity contribution in [3.05, 3.63) is 0 Å². The molecule has 0 bridgehead atoms. The fourth-order valence-electron chi connectivity index (χ4n) is 1.80. The maximum Gasteiger partial charge on any atom is 0.293 e. The van der Waals surface area contributed by atoms with Gasteiger partial charge in [0, 0.05) is 0 Å². The number of aliphatic hydroxyl groups is 3. The monoisotopic (exact) mass is 236 g/mol. The van der Waals surface area contributed by atoms with Crippen molar-refractivity contribution in [1.29, 1.82) is 0 Å². The average molecular weight is 236 g/mol. The Morgan fingerprint density at radius 3 is 2.56 bits per heavy atom. The highest BCUT2D eigenvalue weighted by molar-refractivity contribution is 5.38. The van der Waals surface area contributed by atoms with E-state index in [4.69, 9.17) is 24.4 Å². The highest BCUT2D eigenvalue weighted by atomic mass is 16.6. The first-order chi connectivity index (χ1) is 7.65. The van der Waals surface area contributed by atoms with Crippen LogP contribution in [-0.2, 0) is 19.0 Å². The molecule has 1 unspecified atom stereocenters. The number of ether oxygens (including phenoxy) is 3. The molecule has 0 spiro atoms. The van der Waals surface area contributed by atoms with Crippen LogP contribution in [0.2, 0.25) is 0 Å². The van der Waals surface area contributed by atoms with Crippen molar-refractivity contribution < 1.29 is 34.3 Å². The maximum atomic E-state index is 10.3. The molecule has 1 heterocycles. The number of hydrogen-bond donors (Lipinski definition) is 3. The minimum absolute atomic E-state index is 0.189. The molecule has 0 saturated carbocycles. The quantitative estimate of drug-likeness (QED) is 0.374. The fraction of sp³-hybridized carbons (Fsp3) is 0.889. The minimum Gasteiger partial charge on any atom is -0.459 e. The summed E-state index contributed by atoms with van der Waals surface area (Å²) >= 11 is 0. The number of hydrogen-bond acceptors (Lipinski definition) is 7. The second-order valence-corrected chi connectivity index (χ2v) is 3.51. The molecule has 0 aromatic carbocycles. The summed E-state index contributed by atoms with van der Waals surface area (Å²) in [4.78, 5) is 10.3. The van der Waals surface area contributed by atoms with Gasteiger partial charge in [0.1, 0.15) is 25.1 Å². The second kappa shape index (κ2) is 6.12. The van der Waals surface area contributed by atoms with E-state index in [2.05, 4.69) is 0 Å². The molecule has 1 saturated heterocycles. The van der Waals surface area contributed by atoms with Crippen LogP contribution in [0.25, 0.3) is 0 Å². The van der Waals surface area contributed by atoms with Crippen molar-refractivity contribution in [3.63, 3.8) is 0 Å². The third kappa shape index (κ3) is 2.69. The van der Waals surface area contributed by atoms with Crippen LogP contribution < -0.4 is 0 Å². The van der Waals surface area contributed by atoms with Gasteiger partial charge in [-0.3, -0.25) is 4.79 Å². The van der Waals surface area contributed by atoms with Crippen LogP contribution in [0.4, 0.5) is 0 Å². The molecule has 0 aromatic heterocycles. The van der Waals surface area contributed by atoms with Gasteiger partial charge in [0.05, 0.1) is 12.7 Å². The normalized spacial score (nSPS) is 39.4. The largest absolute Gasteiger partial charge is 0.459 e. The van der Waals surface area contributed by atoms with Gasteiger partial charge in [-0.1, -0.05) is 0 Å². The van der Waals surface area contributed by atoms with Crippen molar-refractivity contribution >= 4 is 6.47 Å². The maximum absolute atomic E-state index is 10.3. The van der Waals surface area contributed by atoms with Crippen LogP contribution in [0.15, 0.2) is 0 Å². The van der Waals surface area contributed by atoms with E-state index in [0.717, 1.165) is 0 Å². The Bertz CT molecular complexity index is 222. The van der Waals surface area contributed by atoms with E-state index >= 15 is 0 Å². The first-order valence-electron chi connectivity index (χ1n) is 4.91. The van der Waals surface area contributed by atoms with Crippen LogP contribution in [0.5, 0.6) is 0 Å². The van der Waals surface area contributed by atoms with Gasteiger partial charge >= 0.3 is 0 Å². The molecular formula is C9H16O7. The summed E-state index contributed by atoms with van der Waals surface area (Å²) in [6, 6.07) is 0. The molecule has 3 N–H and O–H groups in total. The van der Waals surface area contributed by atoms with Gasteiger partial charge in [-0.15, -0.1) is 0 Å². The standard InChI is InChI=1S/C9H16O7/c1-5-8(14-3-11)9(15-4-12)7(13)6(2-10)16-5/h4-11,13H,2-3H2,1H3/t5?,6-,7-,8-,9+/m1/s1. The molecule has 1 aliphatic heterocycles. The molecule has 5 atom stereocenters. The lowest BCUT2D eigenvalue weighted by Crippen LogP contribution is -2.59. The van der Waals surface area contributed by atoms with Crippen molar-refractivity contribution in [3.8, 4) is 0 Å². The fourth-order valence-corrected chi connectivity index (χ4v) is 1.80. The van der Waals surface area contributed by atoms with E-state index in [0.29, 0.717) is 0 Å². The summed E-state index contributed by atoms with van der Waals surface area (Å²) in [5.41, 5.74) is 0. The molecule has 7 nitrogen and oxygen atoms in total. The van der Waals surface area contributed by atoms with Gasteiger partial charge in [0.25, 0.3) is 6.47 Å². The number of aliphatic hydroxyl groups excluding tert-OH is 3. The molecule has 16 heavy (non-hydrogen) atoms. The van der Waals surface area contributed by atoms with Gasteiger partial charge < -0.3 is 29.5 Å². The molecule has 0 aromatic rings. The van der Waals surface area contributed by atoms with Crippen LogP contribution in [0, 0.1) is 0 Å². The summed E-state index contributed by atoms with van der Waals surface area (Å²) in [5.74, 6) is 0. The second-order valence-electron chi connectivity index (χ2n) is 3.51. The Labute approximate surface area is 92.5 Å². The Balaban J connectivity index is 2.77. The molecule has 1 fully saturated rings. The summed E-state index contributed by atoms with van der Waals surface area (Å²) in [6.45, 7) is 0.855. The van der Waals surface area contributed by atoms with Crippen LogP contribution in [0.3, 0.4) is 0 Å². The van der Waals surface area contributed by atoms with Gasteiger partial charge in [0.15, 0.2) is 6.10 Å². The average Bonchev–Trinajstić information content (AvgIpc) is 2.28. The van der Waals surface area contributed by atoms with Gasteiger partial charge in [-0.25, -0.2) is 0 Å². The summed E-state index contributed by atoms with van der Waals surface area (Å²) in [6.07, 6.45) is -4.28. The smallest absolute Gasteiger partial charge is 0.293 e. The molecule has 1 rings (SSSR count). The third-order valence-corrected chi connectivity index (χ3v) is 2.55. The van der Waals surface area contributed by atoms with Crippen LogP contribution >= 0.6 is 0 Å². The summed E-state index contributed by atoms with van der Waals surface area (Å²) in [5, 5.41) is 27.4. The highest BCUT2D eigenvalue weighted by Crippen LogP contribution is 2.25. The lowest BCUT2D eigenvalue weighted by molar-refractivity contribution is -0.252. The Morgan fingerprint density at radius 1 is 1.38 bits per heavy atom. The molecule has 1 aliphatic rings. The lowest BCUT2D eigenvalue weighted by atomic mass is 9.95. The minimum atomic E-state index is -1.19. The van der Waals surface area contributed by atoms with Gasteiger partial charge in [-0.05, 0) is 6.92 Å². The van der Waals surface area contributed by atoms with Crippen molar-refractivity contribution in [2.24, 2.45) is 0 Å². The van der Waals surface area contributed by atoms with E-state index in [-0.39, 0.29) is 6.47 Å². The van der Waals surface area contributed by atoms with Gasteiger partial charge in [0.2, 0.25) is 0 Å². The first-order valence-corrected chi connectivity index (χ1v) is 4.91. The van der Waals surface area contributed by atoms with Gasteiger partial charge in [-0.2, -0.15) is 0 Å². The highest BCUT2D eigenvalue weighted by Gasteiger charge is 2.45. The number of carbonyl (C=O) groups is 1. The zero-order chi connectivity index (χ0) is 12.1. The SMILES string of the molecule is CC1O[C@H](CO)[C@@H](O)[C@H](OC=O)[C@@H]1OCO. The predicted molar refractivity (Wildman–Crippen MR) is 50.3 cm³/mol. The zero-order valence-electron chi connectivity index (χ0n) is 8.85.